The van der Waals surface area contributed by atoms with E-state index in [0.29, 0.717) is 5.76 Å². The maximum atomic E-state index is 11.9. The summed E-state index contributed by atoms with van der Waals surface area (Å²) in [5, 5.41) is 2.95. The molecule has 6 heteroatoms. The number of hydrogen-bond acceptors (Lipinski definition) is 4. The number of aryl methyl sites for hydroxylation is 1. The van der Waals surface area contributed by atoms with Crippen LogP contribution in [0.4, 0.5) is 0 Å². The van der Waals surface area contributed by atoms with Gasteiger partial charge in [-0.3, -0.25) is 14.5 Å². The number of nitrogens with one attached hydrogen (secondary N) is 1. The number of nitrogens with zero attached hydrogens (tertiary/aromatic N) is 1. The highest BCUT2D eigenvalue weighted by Gasteiger charge is 2.22. The number of piperidine rings is 1. The largest absolute Gasteiger partial charge is 0.456 e. The number of rotatable bonds is 4. The maximum Gasteiger partial charge on any atom is 0.287 e. The molecule has 104 valence electrons. The van der Waals surface area contributed by atoms with E-state index in [9.17, 15) is 9.59 Å². The number of hydrogen-bond donors (Lipinski definition) is 2. The van der Waals surface area contributed by atoms with E-state index in [1.54, 1.807) is 19.1 Å². The third-order valence-electron chi connectivity index (χ3n) is 3.27. The number of nitrogens with two attached hydrogens (primary N) is 1. The molecule has 0 saturated carbocycles. The van der Waals surface area contributed by atoms with Crippen LogP contribution in [0.5, 0.6) is 0 Å². The van der Waals surface area contributed by atoms with Crippen LogP contribution in [0.15, 0.2) is 16.5 Å². The van der Waals surface area contributed by atoms with Crippen LogP contribution < -0.4 is 11.1 Å². The lowest BCUT2D eigenvalue weighted by Crippen LogP contribution is -2.46. The van der Waals surface area contributed by atoms with Crippen molar-refractivity contribution < 1.29 is 14.0 Å². The number of carbonyl (C=O) groups is 2. The van der Waals surface area contributed by atoms with Gasteiger partial charge in [0.25, 0.3) is 5.91 Å². The lowest BCUT2D eigenvalue weighted by molar-refractivity contribution is -0.119. The third kappa shape index (κ3) is 3.82. The lowest BCUT2D eigenvalue weighted by Gasteiger charge is -2.31. The number of carbonyl (C=O) groups excluding carboxylic acids is 2. The molecule has 1 aromatic heterocycles. The van der Waals surface area contributed by atoms with Crippen LogP contribution in [-0.2, 0) is 4.79 Å². The Morgan fingerprint density at radius 3 is 2.63 bits per heavy atom. The van der Waals surface area contributed by atoms with Crippen molar-refractivity contribution in [1.29, 1.82) is 0 Å². The van der Waals surface area contributed by atoms with Crippen molar-refractivity contribution in [3.8, 4) is 0 Å². The van der Waals surface area contributed by atoms with Gasteiger partial charge in [-0.1, -0.05) is 0 Å². The summed E-state index contributed by atoms with van der Waals surface area (Å²) in [6, 6.07) is 3.57. The molecule has 2 amide bonds. The smallest absolute Gasteiger partial charge is 0.287 e. The Labute approximate surface area is 111 Å². The molecule has 0 bridgehead atoms. The molecule has 1 aromatic rings. The second-order valence-corrected chi connectivity index (χ2v) is 4.90. The van der Waals surface area contributed by atoms with Crippen molar-refractivity contribution in [2.45, 2.75) is 25.8 Å². The summed E-state index contributed by atoms with van der Waals surface area (Å²) in [5.74, 6) is 0.577. The molecule has 19 heavy (non-hydrogen) atoms. The number of primary amides is 1. The summed E-state index contributed by atoms with van der Waals surface area (Å²) in [6.45, 7) is 3.63. The molecule has 0 spiro atoms. The van der Waals surface area contributed by atoms with Crippen LogP contribution >= 0.6 is 0 Å². The molecule has 2 rings (SSSR count). The lowest BCUT2D eigenvalue weighted by atomic mass is 10.0. The summed E-state index contributed by atoms with van der Waals surface area (Å²) in [4.78, 5) is 24.7. The Bertz CT molecular complexity index is 461. The quantitative estimate of drug-likeness (QED) is 0.817. The Hall–Kier alpha value is -1.82. The van der Waals surface area contributed by atoms with E-state index < -0.39 is 0 Å². The maximum absolute atomic E-state index is 11.9. The molecule has 0 radical (unpaired) electrons. The summed E-state index contributed by atoms with van der Waals surface area (Å²) < 4.78 is 5.28. The van der Waals surface area contributed by atoms with Crippen LogP contribution in [0, 0.1) is 6.92 Å². The second kappa shape index (κ2) is 5.88. The first kappa shape index (κ1) is 13.6. The zero-order valence-corrected chi connectivity index (χ0v) is 11.0. The van der Waals surface area contributed by atoms with Crippen LogP contribution in [0.3, 0.4) is 0 Å². The van der Waals surface area contributed by atoms with E-state index in [1.807, 2.05) is 4.90 Å². The van der Waals surface area contributed by atoms with Gasteiger partial charge in [-0.15, -0.1) is 0 Å². The fourth-order valence-electron chi connectivity index (χ4n) is 2.27. The second-order valence-electron chi connectivity index (χ2n) is 4.90. The Morgan fingerprint density at radius 1 is 1.42 bits per heavy atom. The Kier molecular flexibility index (Phi) is 4.21. The standard InChI is InChI=1S/C13H19N3O3/c1-9-2-3-11(19-9)13(18)15-10-4-6-16(7-5-10)8-12(14)17/h2-3,10H,4-8H2,1H3,(H2,14,17)(H,15,18). The van der Waals surface area contributed by atoms with Gasteiger partial charge in [0, 0.05) is 19.1 Å². The Balaban J connectivity index is 1.79. The zero-order chi connectivity index (χ0) is 13.8. The van der Waals surface area contributed by atoms with E-state index in [2.05, 4.69) is 5.32 Å². The summed E-state index contributed by atoms with van der Waals surface area (Å²) in [6.07, 6.45) is 1.64. The molecule has 1 aliphatic rings. The summed E-state index contributed by atoms with van der Waals surface area (Å²) in [7, 11) is 0. The minimum absolute atomic E-state index is 0.127. The van der Waals surface area contributed by atoms with Gasteiger partial charge in [-0.25, -0.2) is 0 Å². The topological polar surface area (TPSA) is 88.6 Å². The molecule has 0 atom stereocenters. The van der Waals surface area contributed by atoms with E-state index in [0.717, 1.165) is 31.7 Å². The van der Waals surface area contributed by atoms with Gasteiger partial charge in [0.1, 0.15) is 5.76 Å². The highest BCUT2D eigenvalue weighted by Crippen LogP contribution is 2.12. The SMILES string of the molecule is Cc1ccc(C(=O)NC2CCN(CC(N)=O)CC2)o1. The average Bonchev–Trinajstić information content (AvgIpc) is 2.78. The number of likely N-dealkylation sites (tertiary alicyclic amines) is 1. The van der Waals surface area contributed by atoms with Gasteiger partial charge in [-0.05, 0) is 31.9 Å². The molecular formula is C13H19N3O3. The van der Waals surface area contributed by atoms with Crippen molar-refractivity contribution in [2.24, 2.45) is 5.73 Å². The van der Waals surface area contributed by atoms with Gasteiger partial charge in [0.2, 0.25) is 5.91 Å². The predicted octanol–water partition coefficient (Wildman–Crippen LogP) is 0.268. The van der Waals surface area contributed by atoms with Crippen molar-refractivity contribution >= 4 is 11.8 Å². The van der Waals surface area contributed by atoms with Crippen molar-refractivity contribution in [3.05, 3.63) is 23.7 Å². The molecule has 0 unspecified atom stereocenters. The monoisotopic (exact) mass is 265 g/mol. The molecule has 1 fully saturated rings. The summed E-state index contributed by atoms with van der Waals surface area (Å²) >= 11 is 0. The fraction of sp³-hybridized carbons (Fsp3) is 0.538. The minimum Gasteiger partial charge on any atom is -0.456 e. The first-order chi connectivity index (χ1) is 9.04. The van der Waals surface area contributed by atoms with E-state index in [1.165, 1.54) is 0 Å². The number of furan rings is 1. The van der Waals surface area contributed by atoms with Crippen molar-refractivity contribution in [2.75, 3.05) is 19.6 Å². The fourth-order valence-corrected chi connectivity index (χ4v) is 2.27. The van der Waals surface area contributed by atoms with Crippen LogP contribution in [0.25, 0.3) is 0 Å². The molecule has 1 aliphatic heterocycles. The third-order valence-corrected chi connectivity index (χ3v) is 3.27. The minimum atomic E-state index is -0.312. The normalized spacial score (nSPS) is 17.3. The highest BCUT2D eigenvalue weighted by molar-refractivity contribution is 5.91. The molecule has 1 saturated heterocycles. The van der Waals surface area contributed by atoms with Gasteiger partial charge in [0.15, 0.2) is 5.76 Å². The molecule has 6 nitrogen and oxygen atoms in total. The Morgan fingerprint density at radius 2 is 2.11 bits per heavy atom. The van der Waals surface area contributed by atoms with Gasteiger partial charge >= 0.3 is 0 Å². The molecule has 0 aliphatic carbocycles. The van der Waals surface area contributed by atoms with Crippen LogP contribution in [-0.4, -0.2) is 42.4 Å². The van der Waals surface area contributed by atoms with E-state index in [-0.39, 0.29) is 24.4 Å². The first-order valence-corrected chi connectivity index (χ1v) is 6.42. The average molecular weight is 265 g/mol. The molecular weight excluding hydrogens is 246 g/mol. The van der Waals surface area contributed by atoms with Gasteiger partial charge in [-0.2, -0.15) is 0 Å². The zero-order valence-electron chi connectivity index (χ0n) is 11.0. The first-order valence-electron chi connectivity index (χ1n) is 6.42. The van der Waals surface area contributed by atoms with Gasteiger partial charge < -0.3 is 15.5 Å². The van der Waals surface area contributed by atoms with E-state index >= 15 is 0 Å². The highest BCUT2D eigenvalue weighted by atomic mass is 16.3. The molecule has 0 aromatic carbocycles. The summed E-state index contributed by atoms with van der Waals surface area (Å²) in [5.41, 5.74) is 5.15. The van der Waals surface area contributed by atoms with E-state index in [4.69, 9.17) is 10.2 Å². The van der Waals surface area contributed by atoms with Gasteiger partial charge in [0.05, 0.1) is 6.54 Å². The van der Waals surface area contributed by atoms with Crippen molar-refractivity contribution in [3.63, 3.8) is 0 Å². The van der Waals surface area contributed by atoms with Crippen LogP contribution in [0.2, 0.25) is 0 Å². The number of amides is 2. The van der Waals surface area contributed by atoms with Crippen LogP contribution in [0.1, 0.15) is 29.2 Å². The molecule has 2 heterocycles. The van der Waals surface area contributed by atoms with Crippen molar-refractivity contribution in [1.82, 2.24) is 10.2 Å². The predicted molar refractivity (Wildman–Crippen MR) is 69.6 cm³/mol. The molecule has 3 N–H and O–H groups in total.